The largest absolute Gasteiger partial charge is 0.307 e. The van der Waals surface area contributed by atoms with Crippen LogP contribution in [0, 0.1) is 17.5 Å². The van der Waals surface area contributed by atoms with Crippen LogP contribution >= 0.6 is 22.6 Å². The topological polar surface area (TPSA) is 70.2 Å². The first kappa shape index (κ1) is 19.5. The fourth-order valence-corrected chi connectivity index (χ4v) is 3.99. The highest BCUT2D eigenvalue weighted by atomic mass is 127. The third-order valence-corrected chi connectivity index (χ3v) is 5.84. The molecule has 8 nitrogen and oxygen atoms in total. The maximum atomic E-state index is 4.34. The summed E-state index contributed by atoms with van der Waals surface area (Å²) in [5.74, 6) is 1.96. The Morgan fingerprint density at radius 2 is 1.29 bits per heavy atom. The maximum absolute atomic E-state index is 4.34. The highest BCUT2D eigenvalue weighted by molar-refractivity contribution is 14.1. The summed E-state index contributed by atoms with van der Waals surface area (Å²) in [4.78, 5) is 17.0. The third-order valence-electron chi connectivity index (χ3n) is 5.04. The van der Waals surface area contributed by atoms with E-state index in [4.69, 9.17) is 0 Å². The van der Waals surface area contributed by atoms with E-state index in [1.54, 1.807) is 18.6 Å². The van der Waals surface area contributed by atoms with Gasteiger partial charge in [-0.15, -0.1) is 0 Å². The normalized spacial score (nSPS) is 11.1. The lowest BCUT2D eigenvalue weighted by molar-refractivity contribution is 0.967. The van der Waals surface area contributed by atoms with Crippen LogP contribution < -0.4 is 0 Å². The molecule has 6 heterocycles. The molecule has 31 heavy (non-hydrogen) atoms. The minimum atomic E-state index is 0.945. The van der Waals surface area contributed by atoms with Crippen molar-refractivity contribution in [1.29, 1.82) is 0 Å². The predicted molar refractivity (Wildman–Crippen MR) is 127 cm³/mol. The molecule has 0 aliphatic carbocycles. The fraction of sp³-hybridized carbons (Fsp3) is 0.0909. The van der Waals surface area contributed by atoms with Gasteiger partial charge in [-0.3, -0.25) is 4.40 Å². The van der Waals surface area contributed by atoms with Crippen LogP contribution in [0.3, 0.4) is 0 Å². The van der Waals surface area contributed by atoms with Gasteiger partial charge in [0.05, 0.1) is 17.6 Å². The van der Waals surface area contributed by atoms with E-state index in [9.17, 15) is 0 Å². The third kappa shape index (κ3) is 3.72. The van der Waals surface area contributed by atoms with Crippen molar-refractivity contribution < 1.29 is 0 Å². The molecule has 6 aromatic heterocycles. The zero-order valence-electron chi connectivity index (χ0n) is 17.0. The van der Waals surface area contributed by atoms with Crippen molar-refractivity contribution in [2.45, 2.75) is 13.8 Å². The zero-order chi connectivity index (χ0) is 21.4. The summed E-state index contributed by atoms with van der Waals surface area (Å²) in [6.07, 6.45) is 17.1. The predicted octanol–water partition coefficient (Wildman–Crippen LogP) is 4.26. The Labute approximate surface area is 192 Å². The number of imidazole rings is 4. The molecule has 0 bridgehead atoms. The number of rotatable bonds is 2. The Balaban J connectivity index is 0.000000132. The van der Waals surface area contributed by atoms with Gasteiger partial charge in [0.25, 0.3) is 0 Å². The van der Waals surface area contributed by atoms with Crippen LogP contribution in [0.4, 0.5) is 0 Å². The summed E-state index contributed by atoms with van der Waals surface area (Å²) >= 11 is 2.27. The Hall–Kier alpha value is -3.47. The minimum absolute atomic E-state index is 0.945. The molecule has 6 rings (SSSR count). The molecule has 0 amide bonds. The van der Waals surface area contributed by atoms with Gasteiger partial charge in [0.15, 0.2) is 0 Å². The van der Waals surface area contributed by atoms with E-state index in [2.05, 4.69) is 59.1 Å². The number of hydrogen-bond acceptors (Lipinski definition) is 4. The van der Waals surface area contributed by atoms with Crippen molar-refractivity contribution in [3.63, 3.8) is 0 Å². The zero-order valence-corrected chi connectivity index (χ0v) is 19.1. The van der Waals surface area contributed by atoms with E-state index in [1.165, 1.54) is 0 Å². The average Bonchev–Trinajstić information content (AvgIpc) is 3.56. The number of aryl methyl sites for hydroxylation is 2. The van der Waals surface area contributed by atoms with Crippen molar-refractivity contribution in [3.05, 3.63) is 95.4 Å². The van der Waals surface area contributed by atoms with E-state index in [1.807, 2.05) is 76.7 Å². The second-order valence-electron chi connectivity index (χ2n) is 6.96. The summed E-state index contributed by atoms with van der Waals surface area (Å²) < 4.78 is 9.23. The quantitative estimate of drug-likeness (QED) is 0.319. The molecule has 0 unspecified atom stereocenters. The molecule has 0 aliphatic heterocycles. The van der Waals surface area contributed by atoms with Crippen LogP contribution in [-0.2, 0) is 0 Å². The Bertz CT molecular complexity index is 1490. The molecular weight excluding hydrogens is 503 g/mol. The molecule has 0 N–H and O–H groups in total. The molecule has 9 heteroatoms. The van der Waals surface area contributed by atoms with Gasteiger partial charge in [0, 0.05) is 61.7 Å². The Kier molecular flexibility index (Phi) is 5.02. The SMILES string of the molecule is Cc1nccn1-c1ccn2c(I)cnc2c1.Cc1nccn1-c1ccn2ccnc2c1. The number of nitrogens with zero attached hydrogens (tertiary/aromatic N) is 8. The van der Waals surface area contributed by atoms with E-state index in [0.717, 1.165) is 38.0 Å². The molecule has 0 aromatic carbocycles. The lowest BCUT2D eigenvalue weighted by Gasteiger charge is -2.05. The molecule has 0 aliphatic rings. The highest BCUT2D eigenvalue weighted by Gasteiger charge is 2.04. The Morgan fingerprint density at radius 3 is 1.94 bits per heavy atom. The van der Waals surface area contributed by atoms with Gasteiger partial charge in [-0.1, -0.05) is 0 Å². The lowest BCUT2D eigenvalue weighted by Crippen LogP contribution is -1.97. The van der Waals surface area contributed by atoms with Gasteiger partial charge in [0.1, 0.15) is 26.6 Å². The van der Waals surface area contributed by atoms with Gasteiger partial charge in [-0.05, 0) is 48.6 Å². The maximum Gasteiger partial charge on any atom is 0.139 e. The van der Waals surface area contributed by atoms with Crippen molar-refractivity contribution in [1.82, 2.24) is 37.9 Å². The summed E-state index contributed by atoms with van der Waals surface area (Å²) in [6, 6.07) is 8.19. The molecule has 0 saturated heterocycles. The molecule has 154 valence electrons. The second-order valence-corrected chi connectivity index (χ2v) is 8.07. The number of halogens is 1. The van der Waals surface area contributed by atoms with Crippen LogP contribution in [-0.4, -0.2) is 37.9 Å². The standard InChI is InChI=1S/C11H9IN4.C11H10N4/c1-8-13-3-5-15(8)9-2-4-16-10(12)7-14-11(16)6-9;1-9-12-4-7-15(9)10-2-5-14-6-3-13-11(14)8-10/h2-7H,1H3;2-8H,1H3. The smallest absolute Gasteiger partial charge is 0.139 e. The van der Waals surface area contributed by atoms with E-state index in [0.29, 0.717) is 0 Å². The van der Waals surface area contributed by atoms with E-state index < -0.39 is 0 Å². The van der Waals surface area contributed by atoms with E-state index >= 15 is 0 Å². The van der Waals surface area contributed by atoms with Crippen LogP contribution in [0.25, 0.3) is 22.7 Å². The summed E-state index contributed by atoms with van der Waals surface area (Å²) in [5.41, 5.74) is 4.07. The first-order valence-corrected chi connectivity index (χ1v) is 10.7. The number of aromatic nitrogens is 8. The second kappa shape index (κ2) is 7.99. The minimum Gasteiger partial charge on any atom is -0.307 e. The van der Waals surface area contributed by atoms with Crippen molar-refractivity contribution >= 4 is 33.9 Å². The van der Waals surface area contributed by atoms with Crippen LogP contribution in [0.5, 0.6) is 0 Å². The molecule has 0 spiro atoms. The van der Waals surface area contributed by atoms with Gasteiger partial charge < -0.3 is 13.5 Å². The molecule has 6 aromatic rings. The van der Waals surface area contributed by atoms with Crippen molar-refractivity contribution in [2.24, 2.45) is 0 Å². The fourth-order valence-electron chi connectivity index (χ4n) is 3.44. The van der Waals surface area contributed by atoms with Gasteiger partial charge in [-0.2, -0.15) is 0 Å². The summed E-state index contributed by atoms with van der Waals surface area (Å²) in [5, 5.41) is 0. The van der Waals surface area contributed by atoms with Crippen LogP contribution in [0.1, 0.15) is 11.6 Å². The highest BCUT2D eigenvalue weighted by Crippen LogP contribution is 2.15. The molecule has 0 saturated carbocycles. The van der Waals surface area contributed by atoms with Gasteiger partial charge >= 0.3 is 0 Å². The van der Waals surface area contributed by atoms with Gasteiger partial charge in [0.2, 0.25) is 0 Å². The first-order chi connectivity index (χ1) is 15.1. The average molecular weight is 522 g/mol. The summed E-state index contributed by atoms with van der Waals surface area (Å²) in [6.45, 7) is 3.97. The number of pyridine rings is 2. The van der Waals surface area contributed by atoms with E-state index in [-0.39, 0.29) is 0 Å². The van der Waals surface area contributed by atoms with Crippen molar-refractivity contribution in [3.8, 4) is 11.4 Å². The first-order valence-electron chi connectivity index (χ1n) is 9.66. The molecule has 0 fully saturated rings. The monoisotopic (exact) mass is 522 g/mol. The number of fused-ring (bicyclic) bond motifs is 2. The lowest BCUT2D eigenvalue weighted by atomic mass is 10.4. The molecule has 0 atom stereocenters. The van der Waals surface area contributed by atoms with Crippen LogP contribution in [0.15, 0.2) is 80.0 Å². The molecule has 0 radical (unpaired) electrons. The number of hydrogen-bond donors (Lipinski definition) is 0. The summed E-state index contributed by atoms with van der Waals surface area (Å²) in [7, 11) is 0. The van der Waals surface area contributed by atoms with Crippen molar-refractivity contribution in [2.75, 3.05) is 0 Å². The van der Waals surface area contributed by atoms with Gasteiger partial charge in [-0.25, -0.2) is 19.9 Å². The van der Waals surface area contributed by atoms with Crippen LogP contribution in [0.2, 0.25) is 0 Å². The molecular formula is C22H19IN8. The Morgan fingerprint density at radius 1 is 0.677 bits per heavy atom.